The first-order valence-electron chi connectivity index (χ1n) is 6.27. The highest BCUT2D eigenvalue weighted by atomic mass is 35.5. The Hall–Kier alpha value is -1.86. The number of halogens is 2. The van der Waals surface area contributed by atoms with Crippen molar-refractivity contribution in [2.24, 2.45) is 0 Å². The zero-order valence-corrected chi connectivity index (χ0v) is 12.9. The number of hydrogen-bond donors (Lipinski definition) is 0. The molecule has 0 heterocycles. The quantitative estimate of drug-likeness (QED) is 0.235. The molecule has 0 aromatic heterocycles. The standard InChI is InChI=1S/C13H13Cl2NO6/c14-11(15)8-21-12(17)2-1-3-13(18)22-10-6-4-9(5-7-10)16(19)20/h4-7,11H,1-3,8H2. The second-order valence-corrected chi connectivity index (χ2v) is 5.43. The van der Waals surface area contributed by atoms with Crippen LogP contribution in [0.5, 0.6) is 5.75 Å². The largest absolute Gasteiger partial charge is 0.463 e. The van der Waals surface area contributed by atoms with E-state index < -0.39 is 21.7 Å². The molecule has 1 rings (SSSR count). The third-order valence-electron chi connectivity index (χ3n) is 2.41. The zero-order valence-electron chi connectivity index (χ0n) is 11.4. The highest BCUT2D eigenvalue weighted by molar-refractivity contribution is 6.44. The summed E-state index contributed by atoms with van der Waals surface area (Å²) < 4.78 is 9.69. The Morgan fingerprint density at radius 3 is 2.27 bits per heavy atom. The van der Waals surface area contributed by atoms with Gasteiger partial charge in [-0.3, -0.25) is 19.7 Å². The number of esters is 2. The molecule has 1 aromatic rings. The van der Waals surface area contributed by atoms with Crippen LogP contribution in [0.1, 0.15) is 19.3 Å². The second-order valence-electron chi connectivity index (χ2n) is 4.15. The summed E-state index contributed by atoms with van der Waals surface area (Å²) in [7, 11) is 0. The van der Waals surface area contributed by atoms with Crippen LogP contribution in [-0.2, 0) is 14.3 Å². The third kappa shape index (κ3) is 7.24. The van der Waals surface area contributed by atoms with Gasteiger partial charge in [0.05, 0.1) is 4.92 Å². The molecule has 7 nitrogen and oxygen atoms in total. The second kappa shape index (κ2) is 9.22. The van der Waals surface area contributed by atoms with Crippen LogP contribution in [-0.4, -0.2) is 28.3 Å². The molecule has 0 aliphatic rings. The van der Waals surface area contributed by atoms with E-state index in [1.807, 2.05) is 0 Å². The number of carbonyl (C=O) groups excluding carboxylic acids is 2. The fourth-order valence-electron chi connectivity index (χ4n) is 1.42. The van der Waals surface area contributed by atoms with E-state index in [0.717, 1.165) is 0 Å². The van der Waals surface area contributed by atoms with Crippen LogP contribution in [0.3, 0.4) is 0 Å². The fourth-order valence-corrected chi connectivity index (χ4v) is 1.55. The first kappa shape index (κ1) is 18.2. The summed E-state index contributed by atoms with van der Waals surface area (Å²) >= 11 is 10.8. The van der Waals surface area contributed by atoms with Crippen LogP contribution in [0.4, 0.5) is 5.69 Å². The summed E-state index contributed by atoms with van der Waals surface area (Å²) in [6.07, 6.45) is 0.299. The summed E-state index contributed by atoms with van der Waals surface area (Å²) in [5, 5.41) is 10.5. The Labute approximate surface area is 136 Å². The summed E-state index contributed by atoms with van der Waals surface area (Å²) in [6.45, 7) is -0.102. The van der Waals surface area contributed by atoms with Crippen molar-refractivity contribution in [2.45, 2.75) is 24.1 Å². The number of rotatable bonds is 8. The number of non-ortho nitro benzene ring substituents is 1. The van der Waals surface area contributed by atoms with E-state index in [1.54, 1.807) is 0 Å². The minimum atomic E-state index is -0.781. The molecular formula is C13H13Cl2NO6. The molecule has 0 N–H and O–H groups in total. The number of nitro benzene ring substituents is 1. The number of nitrogens with zero attached hydrogens (tertiary/aromatic N) is 1. The van der Waals surface area contributed by atoms with Crippen molar-refractivity contribution >= 4 is 40.8 Å². The minimum Gasteiger partial charge on any atom is -0.463 e. The van der Waals surface area contributed by atoms with Crippen LogP contribution < -0.4 is 4.74 Å². The van der Waals surface area contributed by atoms with Crippen LogP contribution in [0.2, 0.25) is 0 Å². The lowest BCUT2D eigenvalue weighted by Gasteiger charge is -2.05. The van der Waals surface area contributed by atoms with Crippen molar-refractivity contribution in [3.63, 3.8) is 0 Å². The number of alkyl halides is 2. The van der Waals surface area contributed by atoms with Crippen LogP contribution in [0.25, 0.3) is 0 Å². The molecule has 0 fully saturated rings. The fraction of sp³-hybridized carbons (Fsp3) is 0.385. The Balaban J connectivity index is 2.28. The smallest absolute Gasteiger partial charge is 0.311 e. The van der Waals surface area contributed by atoms with Gasteiger partial charge in [-0.1, -0.05) is 0 Å². The van der Waals surface area contributed by atoms with E-state index in [9.17, 15) is 19.7 Å². The molecule has 0 unspecified atom stereocenters. The highest BCUT2D eigenvalue weighted by Crippen LogP contribution is 2.18. The number of ether oxygens (including phenoxy) is 2. The zero-order chi connectivity index (χ0) is 16.5. The molecule has 0 atom stereocenters. The van der Waals surface area contributed by atoms with Crippen molar-refractivity contribution in [1.82, 2.24) is 0 Å². The minimum absolute atomic E-state index is 0.0112. The summed E-state index contributed by atoms with van der Waals surface area (Å²) in [5.41, 5.74) is -0.0977. The van der Waals surface area contributed by atoms with Gasteiger partial charge < -0.3 is 9.47 Å². The Morgan fingerprint density at radius 2 is 1.73 bits per heavy atom. The summed E-state index contributed by atoms with van der Waals surface area (Å²) in [4.78, 5) is 31.9. The molecule has 0 aliphatic carbocycles. The Morgan fingerprint density at radius 1 is 1.14 bits per heavy atom. The van der Waals surface area contributed by atoms with Gasteiger partial charge in [-0.25, -0.2) is 0 Å². The molecule has 0 amide bonds. The number of hydrogen-bond acceptors (Lipinski definition) is 6. The van der Waals surface area contributed by atoms with E-state index in [-0.39, 0.29) is 37.3 Å². The maximum absolute atomic E-state index is 11.5. The van der Waals surface area contributed by atoms with Crippen LogP contribution in [0, 0.1) is 10.1 Å². The van der Waals surface area contributed by atoms with Gasteiger partial charge in [-0.15, -0.1) is 23.2 Å². The van der Waals surface area contributed by atoms with Crippen molar-refractivity contribution in [2.75, 3.05) is 6.61 Å². The maximum Gasteiger partial charge on any atom is 0.311 e. The van der Waals surface area contributed by atoms with E-state index in [4.69, 9.17) is 32.7 Å². The van der Waals surface area contributed by atoms with Crippen LogP contribution >= 0.6 is 23.2 Å². The highest BCUT2D eigenvalue weighted by Gasteiger charge is 2.11. The van der Waals surface area contributed by atoms with E-state index in [0.29, 0.717) is 0 Å². The number of benzene rings is 1. The summed E-state index contributed by atoms with van der Waals surface area (Å²) in [6, 6.07) is 5.11. The molecular weight excluding hydrogens is 337 g/mol. The normalized spacial score (nSPS) is 10.3. The lowest BCUT2D eigenvalue weighted by molar-refractivity contribution is -0.384. The first-order valence-corrected chi connectivity index (χ1v) is 7.14. The number of nitro groups is 1. The van der Waals surface area contributed by atoms with Crippen LogP contribution in [0.15, 0.2) is 24.3 Å². The van der Waals surface area contributed by atoms with Gasteiger partial charge in [0.25, 0.3) is 5.69 Å². The predicted octanol–water partition coefficient (Wildman–Crippen LogP) is 3.02. The lowest BCUT2D eigenvalue weighted by atomic mass is 10.2. The van der Waals surface area contributed by atoms with Gasteiger partial charge in [-0.05, 0) is 18.6 Å². The van der Waals surface area contributed by atoms with Crippen molar-refractivity contribution in [1.29, 1.82) is 0 Å². The predicted molar refractivity (Wildman–Crippen MR) is 79.0 cm³/mol. The topological polar surface area (TPSA) is 95.7 Å². The molecule has 0 aliphatic heterocycles. The molecule has 0 bridgehead atoms. The molecule has 0 saturated carbocycles. The molecule has 0 saturated heterocycles. The molecule has 0 spiro atoms. The van der Waals surface area contributed by atoms with Gasteiger partial charge >= 0.3 is 11.9 Å². The SMILES string of the molecule is O=C(CCCC(=O)Oc1ccc([N+](=O)[O-])cc1)OCC(Cl)Cl. The van der Waals surface area contributed by atoms with Gasteiger partial charge in [0.2, 0.25) is 0 Å². The molecule has 1 aromatic carbocycles. The van der Waals surface area contributed by atoms with E-state index >= 15 is 0 Å². The van der Waals surface area contributed by atoms with Crippen molar-refractivity contribution in [3.05, 3.63) is 34.4 Å². The van der Waals surface area contributed by atoms with E-state index in [2.05, 4.69) is 0 Å². The average Bonchev–Trinajstić information content (AvgIpc) is 2.45. The Bertz CT molecular complexity index is 532. The van der Waals surface area contributed by atoms with Gasteiger partial charge in [0.1, 0.15) is 17.2 Å². The monoisotopic (exact) mass is 349 g/mol. The average molecular weight is 350 g/mol. The first-order chi connectivity index (χ1) is 10.4. The van der Waals surface area contributed by atoms with Gasteiger partial charge in [0, 0.05) is 25.0 Å². The van der Waals surface area contributed by atoms with Crippen molar-refractivity contribution < 1.29 is 24.0 Å². The molecule has 22 heavy (non-hydrogen) atoms. The van der Waals surface area contributed by atoms with Gasteiger partial charge in [0.15, 0.2) is 0 Å². The molecule has 120 valence electrons. The van der Waals surface area contributed by atoms with Gasteiger partial charge in [-0.2, -0.15) is 0 Å². The maximum atomic E-state index is 11.5. The third-order valence-corrected chi connectivity index (χ3v) is 2.66. The van der Waals surface area contributed by atoms with Crippen molar-refractivity contribution in [3.8, 4) is 5.75 Å². The number of carbonyl (C=O) groups is 2. The Kier molecular flexibility index (Phi) is 7.62. The lowest BCUT2D eigenvalue weighted by Crippen LogP contribution is -2.12. The van der Waals surface area contributed by atoms with E-state index in [1.165, 1.54) is 24.3 Å². The molecule has 9 heteroatoms. The molecule has 0 radical (unpaired) electrons. The summed E-state index contributed by atoms with van der Waals surface area (Å²) in [5.74, 6) is -0.853.